The van der Waals surface area contributed by atoms with Gasteiger partial charge in [0.15, 0.2) is 0 Å². The summed E-state index contributed by atoms with van der Waals surface area (Å²) in [4.78, 5) is 10.8. The van der Waals surface area contributed by atoms with E-state index in [4.69, 9.17) is 0 Å². The van der Waals surface area contributed by atoms with Crippen molar-refractivity contribution in [2.75, 3.05) is 0 Å². The Morgan fingerprint density at radius 1 is 1.20 bits per heavy atom. The fourth-order valence-corrected chi connectivity index (χ4v) is 1.82. The number of para-hydroxylation sites is 1. The molecule has 0 aliphatic carbocycles. The Kier molecular flexibility index (Phi) is 1.65. The van der Waals surface area contributed by atoms with Gasteiger partial charge in [0.1, 0.15) is 5.82 Å². The summed E-state index contributed by atoms with van der Waals surface area (Å²) in [5.41, 5.74) is 3.34. The lowest BCUT2D eigenvalue weighted by atomic mass is 10.2. The molecule has 0 atom stereocenters. The summed E-state index contributed by atoms with van der Waals surface area (Å²) in [6.07, 6.45) is 3.83. The quantitative estimate of drug-likeness (QED) is 0.619. The highest BCUT2D eigenvalue weighted by Gasteiger charge is 2.07. The fraction of sp³-hybridized carbons (Fsp3) is 0.0833. The van der Waals surface area contributed by atoms with Crippen molar-refractivity contribution in [2.45, 2.75) is 6.92 Å². The van der Waals surface area contributed by atoms with E-state index in [9.17, 15) is 0 Å². The normalized spacial score (nSPS) is 11.0. The molecule has 0 fully saturated rings. The van der Waals surface area contributed by atoms with E-state index >= 15 is 0 Å². The maximum absolute atomic E-state index is 4.33. The van der Waals surface area contributed by atoms with Gasteiger partial charge < -0.3 is 9.97 Å². The van der Waals surface area contributed by atoms with E-state index in [0.717, 1.165) is 22.6 Å². The molecule has 3 heteroatoms. The van der Waals surface area contributed by atoms with Crippen LogP contribution in [0.25, 0.3) is 22.3 Å². The summed E-state index contributed by atoms with van der Waals surface area (Å²) in [6.45, 7) is 2.01. The van der Waals surface area contributed by atoms with Crippen LogP contribution in [0, 0.1) is 6.92 Å². The molecule has 0 radical (unpaired) electrons. The third-order valence-corrected chi connectivity index (χ3v) is 2.55. The van der Waals surface area contributed by atoms with Crippen molar-refractivity contribution in [1.82, 2.24) is 15.0 Å². The predicted molar refractivity (Wildman–Crippen MR) is 60.6 cm³/mol. The molecule has 3 rings (SSSR count). The second-order valence-electron chi connectivity index (χ2n) is 3.66. The minimum absolute atomic E-state index is 0.921. The number of benzene rings is 1. The predicted octanol–water partition coefficient (Wildman–Crippen LogP) is 2.87. The van der Waals surface area contributed by atoms with Crippen molar-refractivity contribution in [1.29, 1.82) is 0 Å². The van der Waals surface area contributed by atoms with Crippen LogP contribution in [0.15, 0.2) is 36.7 Å². The van der Waals surface area contributed by atoms with Crippen LogP contribution in [0.4, 0.5) is 0 Å². The zero-order valence-corrected chi connectivity index (χ0v) is 8.41. The number of fused-ring (bicyclic) bond motifs is 1. The highest BCUT2D eigenvalue weighted by atomic mass is 14.9. The zero-order chi connectivity index (χ0) is 10.3. The Labute approximate surface area is 87.2 Å². The van der Waals surface area contributed by atoms with E-state index in [-0.39, 0.29) is 0 Å². The molecule has 74 valence electrons. The van der Waals surface area contributed by atoms with Crippen LogP contribution in [0.5, 0.6) is 0 Å². The van der Waals surface area contributed by atoms with E-state index in [1.807, 2.05) is 31.5 Å². The molecule has 0 saturated heterocycles. The Morgan fingerprint density at radius 3 is 2.87 bits per heavy atom. The number of aryl methyl sites for hydroxylation is 1. The number of imidazole rings is 1. The molecule has 0 aliphatic heterocycles. The lowest BCUT2D eigenvalue weighted by molar-refractivity contribution is 1.26. The van der Waals surface area contributed by atoms with Gasteiger partial charge in [0.25, 0.3) is 0 Å². The smallest absolute Gasteiger partial charge is 0.139 e. The van der Waals surface area contributed by atoms with Crippen LogP contribution >= 0.6 is 0 Å². The molecule has 3 aromatic rings. The number of aromatic amines is 2. The molecule has 2 N–H and O–H groups in total. The van der Waals surface area contributed by atoms with E-state index in [1.165, 1.54) is 5.39 Å². The molecule has 0 spiro atoms. The molecule has 3 nitrogen and oxygen atoms in total. The van der Waals surface area contributed by atoms with Crippen LogP contribution < -0.4 is 0 Å². The van der Waals surface area contributed by atoms with Gasteiger partial charge in [-0.3, -0.25) is 0 Å². The van der Waals surface area contributed by atoms with Gasteiger partial charge in [0.2, 0.25) is 0 Å². The average Bonchev–Trinajstić information content (AvgIpc) is 2.83. The first-order valence-electron chi connectivity index (χ1n) is 4.93. The second-order valence-corrected chi connectivity index (χ2v) is 3.66. The summed E-state index contributed by atoms with van der Waals surface area (Å²) in [6, 6.07) is 8.22. The van der Waals surface area contributed by atoms with E-state index in [2.05, 4.69) is 27.1 Å². The van der Waals surface area contributed by atoms with Gasteiger partial charge in [-0.2, -0.15) is 0 Å². The molecule has 2 aromatic heterocycles. The largest absolute Gasteiger partial charge is 0.360 e. The maximum Gasteiger partial charge on any atom is 0.139 e. The van der Waals surface area contributed by atoms with Gasteiger partial charge in [-0.15, -0.1) is 0 Å². The monoisotopic (exact) mass is 197 g/mol. The molecular formula is C12H11N3. The van der Waals surface area contributed by atoms with Gasteiger partial charge >= 0.3 is 0 Å². The first-order valence-corrected chi connectivity index (χ1v) is 4.93. The van der Waals surface area contributed by atoms with Crippen molar-refractivity contribution in [3.05, 3.63) is 42.4 Å². The highest BCUT2D eigenvalue weighted by molar-refractivity contribution is 5.93. The number of aromatic nitrogens is 3. The molecular weight excluding hydrogens is 186 g/mol. The molecule has 0 amide bonds. The lowest BCUT2D eigenvalue weighted by Gasteiger charge is -1.93. The van der Waals surface area contributed by atoms with Crippen molar-refractivity contribution >= 4 is 10.9 Å². The average molecular weight is 197 g/mol. The number of hydrogen-bond donors (Lipinski definition) is 2. The number of rotatable bonds is 1. The fourth-order valence-electron chi connectivity index (χ4n) is 1.82. The minimum Gasteiger partial charge on any atom is -0.360 e. The summed E-state index contributed by atoms with van der Waals surface area (Å²) >= 11 is 0. The molecule has 2 heterocycles. The summed E-state index contributed by atoms with van der Waals surface area (Å²) in [5, 5.41) is 1.20. The van der Waals surface area contributed by atoms with Crippen molar-refractivity contribution in [3.63, 3.8) is 0 Å². The van der Waals surface area contributed by atoms with Crippen molar-refractivity contribution < 1.29 is 0 Å². The topological polar surface area (TPSA) is 44.5 Å². The van der Waals surface area contributed by atoms with Crippen molar-refractivity contribution in [3.8, 4) is 11.4 Å². The molecule has 1 aromatic carbocycles. The first-order chi connectivity index (χ1) is 7.34. The zero-order valence-electron chi connectivity index (χ0n) is 8.41. The minimum atomic E-state index is 0.921. The van der Waals surface area contributed by atoms with E-state index in [0.29, 0.717) is 0 Å². The van der Waals surface area contributed by atoms with Crippen molar-refractivity contribution in [2.24, 2.45) is 0 Å². The summed E-state index contributed by atoms with van der Waals surface area (Å²) in [7, 11) is 0. The van der Waals surface area contributed by atoms with Crippen LogP contribution in [0.2, 0.25) is 0 Å². The molecule has 0 saturated carbocycles. The van der Waals surface area contributed by atoms with E-state index in [1.54, 1.807) is 0 Å². The molecule has 0 aliphatic rings. The third-order valence-electron chi connectivity index (χ3n) is 2.55. The molecule has 0 bridgehead atoms. The maximum atomic E-state index is 4.33. The van der Waals surface area contributed by atoms with Crippen LogP contribution in [-0.4, -0.2) is 15.0 Å². The number of nitrogens with one attached hydrogen (secondary N) is 2. The highest BCUT2D eigenvalue weighted by Crippen LogP contribution is 2.25. The standard InChI is InChI=1S/C12H11N3/c1-8-6-14-12(15-8)10-7-13-11-5-3-2-4-9(10)11/h2-7,13H,1H3,(H,14,15). The Morgan fingerprint density at radius 2 is 2.07 bits per heavy atom. The Balaban J connectivity index is 2.27. The molecule has 0 unspecified atom stereocenters. The summed E-state index contributed by atoms with van der Waals surface area (Å²) in [5.74, 6) is 0.921. The number of H-pyrrole nitrogens is 2. The summed E-state index contributed by atoms with van der Waals surface area (Å²) < 4.78 is 0. The Hall–Kier alpha value is -2.03. The SMILES string of the molecule is Cc1cnc(-c2c[nH]c3ccccc23)[nH]1. The van der Waals surface area contributed by atoms with Gasteiger partial charge in [-0.1, -0.05) is 18.2 Å². The van der Waals surface area contributed by atoms with Crippen LogP contribution in [-0.2, 0) is 0 Å². The number of hydrogen-bond acceptors (Lipinski definition) is 1. The Bertz CT molecular complexity index is 604. The second kappa shape index (κ2) is 2.98. The van der Waals surface area contributed by atoms with Gasteiger partial charge in [0.05, 0.1) is 0 Å². The first kappa shape index (κ1) is 8.29. The van der Waals surface area contributed by atoms with Gasteiger partial charge in [0, 0.05) is 34.6 Å². The van der Waals surface area contributed by atoms with Crippen LogP contribution in [0.1, 0.15) is 5.69 Å². The van der Waals surface area contributed by atoms with Crippen LogP contribution in [0.3, 0.4) is 0 Å². The lowest BCUT2D eigenvalue weighted by Crippen LogP contribution is -1.77. The van der Waals surface area contributed by atoms with E-state index < -0.39 is 0 Å². The molecule has 15 heavy (non-hydrogen) atoms. The third kappa shape index (κ3) is 1.24. The van der Waals surface area contributed by atoms with Gasteiger partial charge in [-0.05, 0) is 13.0 Å². The number of nitrogens with zero attached hydrogens (tertiary/aromatic N) is 1. The van der Waals surface area contributed by atoms with Gasteiger partial charge in [-0.25, -0.2) is 4.98 Å².